The predicted molar refractivity (Wildman–Crippen MR) is 74.7 cm³/mol. The fourth-order valence-electron chi connectivity index (χ4n) is 2.63. The molecule has 0 spiro atoms. The maximum atomic E-state index is 13.2. The monoisotopic (exact) mass is 261 g/mol. The van der Waals surface area contributed by atoms with Crippen LogP contribution in [0.5, 0.6) is 0 Å². The van der Waals surface area contributed by atoms with Crippen molar-refractivity contribution in [3.8, 4) is 0 Å². The molecule has 1 aromatic carbocycles. The van der Waals surface area contributed by atoms with Gasteiger partial charge < -0.3 is 5.32 Å². The van der Waals surface area contributed by atoms with Gasteiger partial charge in [-0.1, -0.05) is 6.07 Å². The van der Waals surface area contributed by atoms with Gasteiger partial charge in [0.1, 0.15) is 5.82 Å². The molecule has 2 aromatic rings. The van der Waals surface area contributed by atoms with Gasteiger partial charge in [0.05, 0.1) is 11.7 Å². The first kappa shape index (κ1) is 13.7. The van der Waals surface area contributed by atoms with Crippen molar-refractivity contribution in [2.24, 2.45) is 7.05 Å². The standard InChI is InChI=1S/C15H20FN3/c1-9-8-12(16)6-7-13(9)15(17-4)14-10(2)18-19(5)11(14)3/h6-8,15,17H,1-5H3. The summed E-state index contributed by atoms with van der Waals surface area (Å²) in [6.45, 7) is 5.99. The average Bonchev–Trinajstić information content (AvgIpc) is 2.59. The molecular formula is C15H20FN3. The van der Waals surface area contributed by atoms with Gasteiger partial charge in [-0.3, -0.25) is 4.68 Å². The SMILES string of the molecule is CNC(c1ccc(F)cc1C)c1c(C)nn(C)c1C. The second-order valence-electron chi connectivity index (χ2n) is 4.93. The average molecular weight is 261 g/mol. The predicted octanol–water partition coefficient (Wildman–Crippen LogP) is 2.79. The van der Waals surface area contributed by atoms with E-state index in [0.29, 0.717) is 0 Å². The largest absolute Gasteiger partial charge is 0.309 e. The molecule has 0 radical (unpaired) electrons. The van der Waals surface area contributed by atoms with Crippen molar-refractivity contribution in [2.75, 3.05) is 7.05 Å². The molecule has 0 aliphatic heterocycles. The van der Waals surface area contributed by atoms with Crippen LogP contribution in [0.4, 0.5) is 4.39 Å². The van der Waals surface area contributed by atoms with Crippen molar-refractivity contribution in [3.63, 3.8) is 0 Å². The van der Waals surface area contributed by atoms with E-state index < -0.39 is 0 Å². The third-order valence-electron chi connectivity index (χ3n) is 3.69. The zero-order valence-electron chi connectivity index (χ0n) is 12.1. The van der Waals surface area contributed by atoms with Crippen LogP contribution in [-0.4, -0.2) is 16.8 Å². The van der Waals surface area contributed by atoms with Gasteiger partial charge in [-0.2, -0.15) is 5.10 Å². The molecule has 1 heterocycles. The molecule has 1 unspecified atom stereocenters. The molecule has 0 saturated carbocycles. The summed E-state index contributed by atoms with van der Waals surface area (Å²) < 4.78 is 15.1. The Bertz CT molecular complexity index is 602. The molecule has 3 nitrogen and oxygen atoms in total. The van der Waals surface area contributed by atoms with Gasteiger partial charge in [-0.05, 0) is 51.1 Å². The van der Waals surface area contributed by atoms with Crippen LogP contribution in [-0.2, 0) is 7.05 Å². The number of nitrogens with one attached hydrogen (secondary N) is 1. The first-order valence-corrected chi connectivity index (χ1v) is 6.39. The van der Waals surface area contributed by atoms with Crippen LogP contribution >= 0.6 is 0 Å². The molecule has 19 heavy (non-hydrogen) atoms. The molecular weight excluding hydrogens is 241 g/mol. The van der Waals surface area contributed by atoms with Crippen molar-refractivity contribution in [3.05, 3.63) is 52.1 Å². The number of nitrogens with zero attached hydrogens (tertiary/aromatic N) is 2. The van der Waals surface area contributed by atoms with Gasteiger partial charge in [-0.15, -0.1) is 0 Å². The van der Waals surface area contributed by atoms with Crippen molar-refractivity contribution in [1.29, 1.82) is 0 Å². The number of aryl methyl sites for hydroxylation is 3. The molecule has 1 atom stereocenters. The van der Waals surface area contributed by atoms with Crippen LogP contribution in [0.2, 0.25) is 0 Å². The summed E-state index contributed by atoms with van der Waals surface area (Å²) in [5, 5.41) is 7.77. The van der Waals surface area contributed by atoms with Gasteiger partial charge in [0.25, 0.3) is 0 Å². The van der Waals surface area contributed by atoms with Gasteiger partial charge in [-0.25, -0.2) is 4.39 Å². The zero-order valence-corrected chi connectivity index (χ0v) is 12.1. The highest BCUT2D eigenvalue weighted by Crippen LogP contribution is 2.29. The van der Waals surface area contributed by atoms with E-state index >= 15 is 0 Å². The summed E-state index contributed by atoms with van der Waals surface area (Å²) in [5.41, 5.74) is 5.33. The third kappa shape index (κ3) is 2.40. The van der Waals surface area contributed by atoms with E-state index in [4.69, 9.17) is 0 Å². The van der Waals surface area contributed by atoms with Crippen molar-refractivity contribution in [2.45, 2.75) is 26.8 Å². The summed E-state index contributed by atoms with van der Waals surface area (Å²) in [4.78, 5) is 0. The second kappa shape index (κ2) is 5.13. The Labute approximate surface area is 113 Å². The van der Waals surface area contributed by atoms with Crippen LogP contribution in [0.15, 0.2) is 18.2 Å². The van der Waals surface area contributed by atoms with Crippen molar-refractivity contribution >= 4 is 0 Å². The fraction of sp³-hybridized carbons (Fsp3) is 0.400. The molecule has 1 N–H and O–H groups in total. The molecule has 0 aliphatic rings. The molecule has 0 saturated heterocycles. The minimum Gasteiger partial charge on any atom is -0.309 e. The molecule has 102 valence electrons. The van der Waals surface area contributed by atoms with Crippen molar-refractivity contribution < 1.29 is 4.39 Å². The molecule has 0 aliphatic carbocycles. The number of hydrogen-bond acceptors (Lipinski definition) is 2. The Balaban J connectivity index is 2.56. The van der Waals surface area contributed by atoms with Crippen LogP contribution in [0.3, 0.4) is 0 Å². The molecule has 0 bridgehead atoms. The van der Waals surface area contributed by atoms with Crippen molar-refractivity contribution in [1.82, 2.24) is 15.1 Å². The number of benzene rings is 1. The summed E-state index contributed by atoms with van der Waals surface area (Å²) in [6.07, 6.45) is 0. The summed E-state index contributed by atoms with van der Waals surface area (Å²) in [5.74, 6) is -0.198. The Hall–Kier alpha value is -1.68. The van der Waals surface area contributed by atoms with Gasteiger partial charge >= 0.3 is 0 Å². The first-order chi connectivity index (χ1) is 8.95. The van der Waals surface area contributed by atoms with E-state index in [1.165, 1.54) is 11.6 Å². The van der Waals surface area contributed by atoms with E-state index in [9.17, 15) is 4.39 Å². The van der Waals surface area contributed by atoms with Crippen LogP contribution in [0, 0.1) is 26.6 Å². The maximum absolute atomic E-state index is 13.2. The Morgan fingerprint density at radius 1 is 1.26 bits per heavy atom. The van der Waals surface area contributed by atoms with E-state index in [0.717, 1.165) is 22.5 Å². The van der Waals surface area contributed by atoms with Gasteiger partial charge in [0.15, 0.2) is 0 Å². The Morgan fingerprint density at radius 3 is 2.42 bits per heavy atom. The lowest BCUT2D eigenvalue weighted by Crippen LogP contribution is -2.20. The van der Waals surface area contributed by atoms with Crippen LogP contribution in [0.1, 0.15) is 34.1 Å². The minimum atomic E-state index is -0.198. The molecule has 1 aromatic heterocycles. The molecule has 0 amide bonds. The molecule has 2 rings (SSSR count). The fourth-order valence-corrected chi connectivity index (χ4v) is 2.63. The molecule has 4 heteroatoms. The lowest BCUT2D eigenvalue weighted by molar-refractivity contribution is 0.620. The highest BCUT2D eigenvalue weighted by atomic mass is 19.1. The third-order valence-corrected chi connectivity index (χ3v) is 3.69. The van der Waals surface area contributed by atoms with E-state index in [-0.39, 0.29) is 11.9 Å². The molecule has 0 fully saturated rings. The van der Waals surface area contributed by atoms with Crippen LogP contribution in [0.25, 0.3) is 0 Å². The van der Waals surface area contributed by atoms with E-state index in [2.05, 4.69) is 17.3 Å². The highest BCUT2D eigenvalue weighted by Gasteiger charge is 2.21. The maximum Gasteiger partial charge on any atom is 0.123 e. The summed E-state index contributed by atoms with van der Waals surface area (Å²) >= 11 is 0. The number of halogens is 1. The number of aromatic nitrogens is 2. The Kier molecular flexibility index (Phi) is 3.71. The smallest absolute Gasteiger partial charge is 0.123 e. The quantitative estimate of drug-likeness (QED) is 0.920. The zero-order chi connectivity index (χ0) is 14.2. The topological polar surface area (TPSA) is 29.9 Å². The normalized spacial score (nSPS) is 12.7. The van der Waals surface area contributed by atoms with Crippen LogP contribution < -0.4 is 5.32 Å². The van der Waals surface area contributed by atoms with E-state index in [1.54, 1.807) is 6.07 Å². The summed E-state index contributed by atoms with van der Waals surface area (Å²) in [7, 11) is 3.86. The van der Waals surface area contributed by atoms with E-state index in [1.807, 2.05) is 38.7 Å². The lowest BCUT2D eigenvalue weighted by atomic mass is 9.94. The second-order valence-corrected chi connectivity index (χ2v) is 4.93. The van der Waals surface area contributed by atoms with Gasteiger partial charge in [0.2, 0.25) is 0 Å². The minimum absolute atomic E-state index is 0.0364. The first-order valence-electron chi connectivity index (χ1n) is 6.39. The number of rotatable bonds is 3. The Morgan fingerprint density at radius 2 is 1.95 bits per heavy atom. The van der Waals surface area contributed by atoms with Gasteiger partial charge in [0, 0.05) is 18.3 Å². The highest BCUT2D eigenvalue weighted by molar-refractivity contribution is 5.40. The number of hydrogen-bond donors (Lipinski definition) is 1. The summed E-state index contributed by atoms with van der Waals surface area (Å²) in [6, 6.07) is 4.96. The lowest BCUT2D eigenvalue weighted by Gasteiger charge is -2.20.